The Kier molecular flexibility index (Phi) is 5.40. The molecule has 0 radical (unpaired) electrons. The Bertz CT molecular complexity index is 776. The van der Waals surface area contributed by atoms with Gasteiger partial charge in [0.1, 0.15) is 5.76 Å². The van der Waals surface area contributed by atoms with Crippen molar-refractivity contribution in [2.45, 2.75) is 13.1 Å². The number of methoxy groups -OCH3 is 2. The van der Waals surface area contributed by atoms with Gasteiger partial charge in [-0.25, -0.2) is 0 Å². The fourth-order valence-electron chi connectivity index (χ4n) is 2.61. The van der Waals surface area contributed by atoms with E-state index in [4.69, 9.17) is 13.9 Å². The molecular weight excluding hydrogens is 338 g/mol. The minimum absolute atomic E-state index is 0.138. The van der Waals surface area contributed by atoms with Crippen LogP contribution < -0.4 is 9.47 Å². The van der Waals surface area contributed by atoms with Crippen molar-refractivity contribution >= 4 is 17.2 Å². The highest BCUT2D eigenvalue weighted by Crippen LogP contribution is 2.32. The normalized spacial score (nSPS) is 10.5. The molecule has 0 bridgehead atoms. The lowest BCUT2D eigenvalue weighted by Crippen LogP contribution is -2.30. The fourth-order valence-corrected chi connectivity index (χ4v) is 3.33. The molecule has 0 saturated carbocycles. The van der Waals surface area contributed by atoms with Gasteiger partial charge in [-0.2, -0.15) is 0 Å². The van der Waals surface area contributed by atoms with Gasteiger partial charge in [0.15, 0.2) is 11.5 Å². The highest BCUT2D eigenvalue weighted by Gasteiger charge is 2.23. The molecular formula is C19H19NO4S. The zero-order valence-electron chi connectivity index (χ0n) is 14.1. The molecule has 2 heterocycles. The van der Waals surface area contributed by atoms with Crippen LogP contribution in [0.2, 0.25) is 0 Å². The van der Waals surface area contributed by atoms with E-state index in [0.717, 1.165) is 10.6 Å². The number of rotatable bonds is 7. The summed E-state index contributed by atoms with van der Waals surface area (Å²) in [5.74, 6) is 1.56. The third-order valence-corrected chi connectivity index (χ3v) is 4.64. The van der Waals surface area contributed by atoms with Gasteiger partial charge in [0.05, 0.1) is 39.1 Å². The van der Waals surface area contributed by atoms with Crippen LogP contribution in [0.25, 0.3) is 0 Å². The highest BCUT2D eigenvalue weighted by atomic mass is 32.1. The molecule has 0 N–H and O–H groups in total. The molecule has 0 saturated heterocycles. The number of benzene rings is 1. The van der Waals surface area contributed by atoms with Crippen LogP contribution >= 0.6 is 11.3 Å². The van der Waals surface area contributed by atoms with Crippen LogP contribution in [0.15, 0.2) is 58.5 Å². The quantitative estimate of drug-likeness (QED) is 0.636. The lowest BCUT2D eigenvalue weighted by atomic mass is 10.1. The lowest BCUT2D eigenvalue weighted by molar-refractivity contribution is 0.0715. The van der Waals surface area contributed by atoms with Crippen molar-refractivity contribution in [1.29, 1.82) is 0 Å². The summed E-state index contributed by atoms with van der Waals surface area (Å²) in [7, 11) is 3.09. The first-order valence-corrected chi connectivity index (χ1v) is 8.66. The second-order valence-electron chi connectivity index (χ2n) is 5.36. The first-order valence-electron chi connectivity index (χ1n) is 7.78. The first kappa shape index (κ1) is 17.1. The number of hydrogen-bond acceptors (Lipinski definition) is 5. The molecule has 0 fully saturated rings. The van der Waals surface area contributed by atoms with Gasteiger partial charge >= 0.3 is 0 Å². The van der Waals surface area contributed by atoms with E-state index < -0.39 is 0 Å². The van der Waals surface area contributed by atoms with Crippen LogP contribution in [-0.4, -0.2) is 25.0 Å². The minimum atomic E-state index is -0.138. The Labute approximate surface area is 150 Å². The summed E-state index contributed by atoms with van der Waals surface area (Å²) in [4.78, 5) is 16.0. The molecule has 25 heavy (non-hydrogen) atoms. The molecule has 0 aliphatic rings. The van der Waals surface area contributed by atoms with E-state index in [2.05, 4.69) is 0 Å². The maximum absolute atomic E-state index is 13.2. The summed E-state index contributed by atoms with van der Waals surface area (Å²) in [6, 6.07) is 13.0. The third-order valence-electron chi connectivity index (χ3n) is 3.77. The van der Waals surface area contributed by atoms with Crippen molar-refractivity contribution in [3.8, 4) is 11.5 Å². The van der Waals surface area contributed by atoms with Gasteiger partial charge in [0.25, 0.3) is 5.91 Å². The first-order chi connectivity index (χ1) is 12.2. The van der Waals surface area contributed by atoms with Crippen molar-refractivity contribution in [1.82, 2.24) is 4.90 Å². The summed E-state index contributed by atoms with van der Waals surface area (Å²) < 4.78 is 16.1. The number of para-hydroxylation sites is 1. The van der Waals surface area contributed by atoms with E-state index in [9.17, 15) is 4.79 Å². The molecule has 0 atom stereocenters. The average molecular weight is 357 g/mol. The van der Waals surface area contributed by atoms with E-state index in [1.54, 1.807) is 47.8 Å². The molecule has 0 unspecified atom stereocenters. The number of nitrogens with zero attached hydrogens (tertiary/aromatic N) is 1. The standard InChI is InChI=1S/C19H19NO4S/c1-22-17-9-3-8-16(18(17)23-2)19(21)20(12-14-6-4-10-24-14)13-15-7-5-11-25-15/h3-11H,12-13H2,1-2H3. The van der Waals surface area contributed by atoms with Crippen LogP contribution in [0, 0.1) is 0 Å². The zero-order valence-corrected chi connectivity index (χ0v) is 14.9. The second kappa shape index (κ2) is 7.90. The van der Waals surface area contributed by atoms with Gasteiger partial charge in [0.2, 0.25) is 0 Å². The van der Waals surface area contributed by atoms with E-state index in [1.807, 2.05) is 29.6 Å². The number of hydrogen-bond donors (Lipinski definition) is 0. The Morgan fingerprint density at radius 2 is 1.96 bits per heavy atom. The maximum Gasteiger partial charge on any atom is 0.258 e. The number of carbonyl (C=O) groups is 1. The largest absolute Gasteiger partial charge is 0.493 e. The van der Waals surface area contributed by atoms with Crippen LogP contribution in [0.3, 0.4) is 0 Å². The SMILES string of the molecule is COc1cccc(C(=O)N(Cc2ccco2)Cc2cccs2)c1OC. The summed E-state index contributed by atoms with van der Waals surface area (Å²) in [5.41, 5.74) is 0.463. The smallest absolute Gasteiger partial charge is 0.258 e. The van der Waals surface area contributed by atoms with E-state index >= 15 is 0 Å². The highest BCUT2D eigenvalue weighted by molar-refractivity contribution is 7.09. The molecule has 0 aliphatic heterocycles. The Morgan fingerprint density at radius 3 is 2.60 bits per heavy atom. The molecule has 130 valence electrons. The lowest BCUT2D eigenvalue weighted by Gasteiger charge is -2.22. The van der Waals surface area contributed by atoms with Gasteiger partial charge in [-0.05, 0) is 35.7 Å². The van der Waals surface area contributed by atoms with Gasteiger partial charge in [-0.15, -0.1) is 11.3 Å². The summed E-state index contributed by atoms with van der Waals surface area (Å²) in [6.45, 7) is 0.877. The Balaban J connectivity index is 1.93. The maximum atomic E-state index is 13.2. The Hall–Kier alpha value is -2.73. The molecule has 1 amide bonds. The van der Waals surface area contributed by atoms with Crippen molar-refractivity contribution in [3.63, 3.8) is 0 Å². The molecule has 0 aliphatic carbocycles. The predicted octanol–water partition coefficient (Wildman–Crippen LogP) is 4.20. The molecule has 3 rings (SSSR count). The van der Waals surface area contributed by atoms with Crippen molar-refractivity contribution in [3.05, 3.63) is 70.3 Å². The molecule has 0 spiro atoms. The molecule has 5 nitrogen and oxygen atoms in total. The molecule has 2 aromatic heterocycles. The Morgan fingerprint density at radius 1 is 1.08 bits per heavy atom. The van der Waals surface area contributed by atoms with Crippen molar-refractivity contribution in [2.75, 3.05) is 14.2 Å². The van der Waals surface area contributed by atoms with Crippen LogP contribution in [-0.2, 0) is 13.1 Å². The zero-order chi connectivity index (χ0) is 17.6. The number of thiophene rings is 1. The summed E-state index contributed by atoms with van der Waals surface area (Å²) in [6.07, 6.45) is 1.61. The number of furan rings is 1. The van der Waals surface area contributed by atoms with Crippen molar-refractivity contribution < 1.29 is 18.7 Å². The average Bonchev–Trinajstić information content (AvgIpc) is 3.33. The topological polar surface area (TPSA) is 51.9 Å². The molecule has 6 heteroatoms. The van der Waals surface area contributed by atoms with Crippen LogP contribution in [0.5, 0.6) is 11.5 Å². The van der Waals surface area contributed by atoms with E-state index in [1.165, 1.54) is 7.11 Å². The molecule has 1 aromatic carbocycles. The van der Waals surface area contributed by atoms with Crippen LogP contribution in [0.1, 0.15) is 21.0 Å². The van der Waals surface area contributed by atoms with E-state index in [-0.39, 0.29) is 5.91 Å². The van der Waals surface area contributed by atoms with Crippen LogP contribution in [0.4, 0.5) is 0 Å². The fraction of sp³-hybridized carbons (Fsp3) is 0.211. The number of carbonyl (C=O) groups excluding carboxylic acids is 1. The molecule has 3 aromatic rings. The third kappa shape index (κ3) is 3.85. The summed E-state index contributed by atoms with van der Waals surface area (Å²) >= 11 is 1.61. The number of ether oxygens (including phenoxy) is 2. The second-order valence-corrected chi connectivity index (χ2v) is 6.39. The van der Waals surface area contributed by atoms with Crippen molar-refractivity contribution in [2.24, 2.45) is 0 Å². The van der Waals surface area contributed by atoms with Gasteiger partial charge in [0, 0.05) is 4.88 Å². The van der Waals surface area contributed by atoms with Gasteiger partial charge in [-0.3, -0.25) is 4.79 Å². The minimum Gasteiger partial charge on any atom is -0.493 e. The predicted molar refractivity (Wildman–Crippen MR) is 96.2 cm³/mol. The number of amides is 1. The summed E-state index contributed by atoms with van der Waals surface area (Å²) in [5, 5.41) is 2.00. The monoisotopic (exact) mass is 357 g/mol. The van der Waals surface area contributed by atoms with Gasteiger partial charge in [-0.1, -0.05) is 12.1 Å². The van der Waals surface area contributed by atoms with E-state index in [0.29, 0.717) is 30.2 Å². The van der Waals surface area contributed by atoms with Gasteiger partial charge < -0.3 is 18.8 Å².